The lowest BCUT2D eigenvalue weighted by atomic mass is 9.94. The van der Waals surface area contributed by atoms with Crippen LogP contribution in [0, 0.1) is 0 Å². The van der Waals surface area contributed by atoms with Crippen molar-refractivity contribution in [1.82, 2.24) is 14.5 Å². The number of amides is 1. The molecule has 5 rings (SSSR count). The molecule has 2 aromatic heterocycles. The molecule has 1 unspecified atom stereocenters. The molecule has 238 valence electrons. The minimum absolute atomic E-state index is 0.229. The maximum atomic E-state index is 11.1. The Morgan fingerprint density at radius 2 is 1.72 bits per heavy atom. The van der Waals surface area contributed by atoms with E-state index in [1.165, 1.54) is 0 Å². The van der Waals surface area contributed by atoms with Gasteiger partial charge in [0.05, 0.1) is 11.6 Å². The van der Waals surface area contributed by atoms with Gasteiger partial charge < -0.3 is 15.6 Å². The number of ether oxygens (including phenoxy) is 1. The summed E-state index contributed by atoms with van der Waals surface area (Å²) < 4.78 is 8.14. The number of carboxylic acid groups (broad SMARTS) is 1. The minimum atomic E-state index is -1.31. The molecule has 0 radical (unpaired) electrons. The molecule has 1 atom stereocenters. The summed E-state index contributed by atoms with van der Waals surface area (Å²) in [5, 5.41) is 12.5. The van der Waals surface area contributed by atoms with Crippen molar-refractivity contribution < 1.29 is 14.6 Å². The number of nitrogens with one attached hydrogen (secondary N) is 1. The number of carbonyl (C=O) groups is 1. The molecule has 0 saturated carbocycles. The van der Waals surface area contributed by atoms with Gasteiger partial charge >= 0.3 is 6.09 Å². The third-order valence-electron chi connectivity index (χ3n) is 7.63. The molecule has 3 aromatic carbocycles. The molecule has 8 nitrogen and oxygen atoms in total. The van der Waals surface area contributed by atoms with Gasteiger partial charge in [-0.1, -0.05) is 91.4 Å². The number of anilines is 2. The first-order chi connectivity index (χ1) is 22.0. The zero-order valence-corrected chi connectivity index (χ0v) is 28.5. The van der Waals surface area contributed by atoms with Gasteiger partial charge in [-0.15, -0.1) is 0 Å². The number of benzene rings is 3. The van der Waals surface area contributed by atoms with Crippen LogP contribution in [0.15, 0.2) is 91.1 Å². The summed E-state index contributed by atoms with van der Waals surface area (Å²) in [5.41, 5.74) is 12.3. The van der Waals surface area contributed by atoms with Crippen LogP contribution in [0.1, 0.15) is 23.0 Å². The van der Waals surface area contributed by atoms with Gasteiger partial charge in [-0.2, -0.15) is 0 Å². The first-order valence-corrected chi connectivity index (χ1v) is 19.4. The molecule has 0 aliphatic carbocycles. The van der Waals surface area contributed by atoms with E-state index in [4.69, 9.17) is 48.7 Å². The standard InChI is InChI=1S/C35H37Cl2N5O3Si/c1-46(2,3)18-17-45-22-42-33(37)32(24-9-13-27(14-10-24)40-35(43)44)41-34(42)29(19-23-7-5-4-6-8-23)31-16-11-25(21-39-31)28-20-26(36)12-15-30(28)38/h4-16,20-21,29,40H,17-19,22,38H2,1-3H3,(H,43,44). The lowest BCUT2D eigenvalue weighted by Crippen LogP contribution is -2.22. The second-order valence-electron chi connectivity index (χ2n) is 12.3. The van der Waals surface area contributed by atoms with Crippen molar-refractivity contribution in [3.05, 3.63) is 118 Å². The number of nitrogen functional groups attached to an aromatic ring is 1. The van der Waals surface area contributed by atoms with E-state index in [9.17, 15) is 4.79 Å². The van der Waals surface area contributed by atoms with Crippen LogP contribution in [-0.4, -0.2) is 40.4 Å². The molecular weight excluding hydrogens is 637 g/mol. The predicted molar refractivity (Wildman–Crippen MR) is 190 cm³/mol. The van der Waals surface area contributed by atoms with Crippen molar-refractivity contribution >= 4 is 48.7 Å². The molecule has 2 heterocycles. The lowest BCUT2D eigenvalue weighted by Gasteiger charge is -2.20. The van der Waals surface area contributed by atoms with E-state index in [1.807, 2.05) is 47.2 Å². The van der Waals surface area contributed by atoms with Crippen LogP contribution in [0.5, 0.6) is 0 Å². The maximum absolute atomic E-state index is 11.1. The Bertz CT molecular complexity index is 1790. The van der Waals surface area contributed by atoms with Gasteiger partial charge in [0.25, 0.3) is 0 Å². The van der Waals surface area contributed by atoms with Crippen molar-refractivity contribution in [2.24, 2.45) is 0 Å². The zero-order valence-electron chi connectivity index (χ0n) is 26.0. The summed E-state index contributed by atoms with van der Waals surface area (Å²) in [6, 6.07) is 27.6. The van der Waals surface area contributed by atoms with Crippen LogP contribution in [0.2, 0.25) is 35.9 Å². The van der Waals surface area contributed by atoms with Crippen LogP contribution in [0.25, 0.3) is 22.4 Å². The molecule has 0 bridgehead atoms. The first-order valence-electron chi connectivity index (χ1n) is 15.0. The van der Waals surface area contributed by atoms with Gasteiger partial charge in [-0.25, -0.2) is 9.78 Å². The monoisotopic (exact) mass is 673 g/mol. The smallest absolute Gasteiger partial charge is 0.409 e. The van der Waals surface area contributed by atoms with Gasteiger partial charge in [0.15, 0.2) is 0 Å². The van der Waals surface area contributed by atoms with Crippen molar-refractivity contribution in [1.29, 1.82) is 0 Å². The highest BCUT2D eigenvalue weighted by Crippen LogP contribution is 2.36. The second kappa shape index (κ2) is 14.5. The maximum Gasteiger partial charge on any atom is 0.409 e. The molecule has 0 fully saturated rings. The fourth-order valence-corrected chi connectivity index (χ4v) is 6.33. The van der Waals surface area contributed by atoms with Crippen molar-refractivity contribution in [3.63, 3.8) is 0 Å². The Kier molecular flexibility index (Phi) is 10.5. The first kappa shape index (κ1) is 33.2. The summed E-state index contributed by atoms with van der Waals surface area (Å²) >= 11 is 13.4. The highest BCUT2D eigenvalue weighted by atomic mass is 35.5. The Labute approximate surface area is 280 Å². The molecular formula is C35H37Cl2N5O3Si. The van der Waals surface area contributed by atoms with Gasteiger partial charge in [0.1, 0.15) is 23.4 Å². The Balaban J connectivity index is 1.58. The van der Waals surface area contributed by atoms with Crippen LogP contribution >= 0.6 is 23.2 Å². The Morgan fingerprint density at radius 1 is 1.00 bits per heavy atom. The second-order valence-corrected chi connectivity index (χ2v) is 18.8. The van der Waals surface area contributed by atoms with Crippen molar-refractivity contribution in [2.45, 2.75) is 44.8 Å². The molecule has 1 amide bonds. The van der Waals surface area contributed by atoms with E-state index in [1.54, 1.807) is 36.4 Å². The number of hydrogen-bond donors (Lipinski definition) is 3. The van der Waals surface area contributed by atoms with Gasteiger partial charge in [-0.3, -0.25) is 14.9 Å². The number of imidazole rings is 1. The molecule has 0 saturated heterocycles. The summed E-state index contributed by atoms with van der Waals surface area (Å²) in [4.78, 5) is 21.2. The van der Waals surface area contributed by atoms with E-state index in [-0.39, 0.29) is 12.6 Å². The fraction of sp³-hybridized carbons (Fsp3) is 0.229. The highest BCUT2D eigenvalue weighted by molar-refractivity contribution is 6.76. The average molecular weight is 675 g/mol. The topological polar surface area (TPSA) is 115 Å². The number of aromatic nitrogens is 3. The third-order valence-corrected chi connectivity index (χ3v) is 9.95. The SMILES string of the molecule is C[Si](C)(C)CCOCn1c(C(Cc2ccccc2)c2ccc(-c3cc(Cl)ccc3N)cn2)nc(-c2ccc(NC(=O)O)cc2)c1Cl. The van der Waals surface area contributed by atoms with Gasteiger partial charge in [-0.05, 0) is 54.4 Å². The van der Waals surface area contributed by atoms with Gasteiger partial charge in [0, 0.05) is 54.0 Å². The molecule has 46 heavy (non-hydrogen) atoms. The van der Waals surface area contributed by atoms with E-state index < -0.39 is 14.2 Å². The van der Waals surface area contributed by atoms with E-state index in [0.29, 0.717) is 46.1 Å². The molecule has 11 heteroatoms. The predicted octanol–water partition coefficient (Wildman–Crippen LogP) is 9.28. The largest absolute Gasteiger partial charge is 0.465 e. The Hall–Kier alpha value is -4.15. The molecule has 0 spiro atoms. The summed E-state index contributed by atoms with van der Waals surface area (Å²) in [7, 11) is -1.31. The fourth-order valence-electron chi connectivity index (χ4n) is 5.12. The van der Waals surface area contributed by atoms with E-state index in [0.717, 1.165) is 34.0 Å². The number of halogens is 2. The lowest BCUT2D eigenvalue weighted by molar-refractivity contribution is 0.0848. The average Bonchev–Trinajstić information content (AvgIpc) is 3.35. The molecule has 4 N–H and O–H groups in total. The normalized spacial score (nSPS) is 12.2. The number of hydrogen-bond acceptors (Lipinski definition) is 5. The number of nitrogens with zero attached hydrogens (tertiary/aromatic N) is 3. The molecule has 0 aliphatic heterocycles. The van der Waals surface area contributed by atoms with Crippen molar-refractivity contribution in [3.8, 4) is 22.4 Å². The van der Waals surface area contributed by atoms with Crippen LogP contribution < -0.4 is 11.1 Å². The van der Waals surface area contributed by atoms with E-state index in [2.05, 4.69) is 37.1 Å². The number of nitrogens with two attached hydrogens (primary N) is 1. The quantitative estimate of drug-likeness (QED) is 0.0690. The van der Waals surface area contributed by atoms with Gasteiger partial charge in [0.2, 0.25) is 0 Å². The van der Waals surface area contributed by atoms with E-state index >= 15 is 0 Å². The zero-order chi connectivity index (χ0) is 32.8. The van der Waals surface area contributed by atoms with Crippen LogP contribution in [0.4, 0.5) is 16.2 Å². The minimum Gasteiger partial charge on any atom is -0.465 e. The van der Waals surface area contributed by atoms with Crippen LogP contribution in [-0.2, 0) is 17.9 Å². The summed E-state index contributed by atoms with van der Waals surface area (Å²) in [5.74, 6) is 0.445. The van der Waals surface area contributed by atoms with Crippen molar-refractivity contribution in [2.75, 3.05) is 17.7 Å². The molecule has 0 aliphatic rings. The molecule has 5 aromatic rings. The summed E-state index contributed by atoms with van der Waals surface area (Å²) in [6.45, 7) is 7.79. The number of pyridine rings is 1. The third kappa shape index (κ3) is 8.35. The number of rotatable bonds is 12. The van der Waals surface area contributed by atoms with Crippen LogP contribution in [0.3, 0.4) is 0 Å². The summed E-state index contributed by atoms with van der Waals surface area (Å²) in [6.07, 6.45) is 1.30. The highest BCUT2D eigenvalue weighted by Gasteiger charge is 2.27. The Morgan fingerprint density at radius 3 is 2.37 bits per heavy atom.